The summed E-state index contributed by atoms with van der Waals surface area (Å²) in [6.45, 7) is 7.15. The summed E-state index contributed by atoms with van der Waals surface area (Å²) in [5.74, 6) is 1.47. The van der Waals surface area contributed by atoms with Crippen LogP contribution in [0.15, 0.2) is 0 Å². The van der Waals surface area contributed by atoms with E-state index in [2.05, 4.69) is 26.2 Å². The molecule has 19 heavy (non-hydrogen) atoms. The lowest BCUT2D eigenvalue weighted by molar-refractivity contribution is -0.119. The van der Waals surface area contributed by atoms with Crippen LogP contribution in [0.25, 0.3) is 0 Å². The molecule has 0 aromatic heterocycles. The minimum absolute atomic E-state index is 0.0430. The van der Waals surface area contributed by atoms with E-state index in [9.17, 15) is 0 Å². The Labute approximate surface area is 118 Å². The molecule has 1 aliphatic heterocycles. The third-order valence-electron chi connectivity index (χ3n) is 5.10. The number of hydrogen-bond donors (Lipinski definition) is 1. The Balaban J connectivity index is 2.10. The molecule has 2 atom stereocenters. The fraction of sp³-hybridized carbons (Fsp3) is 1.00. The molecule has 0 amide bonds. The van der Waals surface area contributed by atoms with Crippen molar-refractivity contribution in [3.63, 3.8) is 0 Å². The van der Waals surface area contributed by atoms with Gasteiger partial charge >= 0.3 is 0 Å². The Kier molecular flexibility index (Phi) is 5.67. The van der Waals surface area contributed by atoms with E-state index < -0.39 is 0 Å². The predicted molar refractivity (Wildman–Crippen MR) is 78.4 cm³/mol. The molecule has 0 aromatic rings. The van der Waals surface area contributed by atoms with Crippen LogP contribution < -0.4 is 5.32 Å². The summed E-state index contributed by atoms with van der Waals surface area (Å²) in [5, 5.41) is 3.58. The molecule has 1 heterocycles. The molecule has 0 radical (unpaired) electrons. The lowest BCUT2D eigenvalue weighted by Gasteiger charge is -2.48. The van der Waals surface area contributed by atoms with Crippen LogP contribution >= 0.6 is 0 Å². The maximum absolute atomic E-state index is 6.31. The van der Waals surface area contributed by atoms with Crippen LogP contribution in [-0.4, -0.2) is 38.5 Å². The van der Waals surface area contributed by atoms with Gasteiger partial charge in [0.1, 0.15) is 0 Å². The minimum Gasteiger partial charge on any atom is -0.381 e. The van der Waals surface area contributed by atoms with Crippen molar-refractivity contribution in [2.45, 2.75) is 64.0 Å². The van der Waals surface area contributed by atoms with Gasteiger partial charge in [-0.1, -0.05) is 6.92 Å². The van der Waals surface area contributed by atoms with Crippen molar-refractivity contribution in [1.29, 1.82) is 0 Å². The van der Waals surface area contributed by atoms with Crippen molar-refractivity contribution >= 4 is 0 Å². The van der Waals surface area contributed by atoms with Gasteiger partial charge in [-0.15, -0.1) is 0 Å². The zero-order valence-electron chi connectivity index (χ0n) is 12.9. The van der Waals surface area contributed by atoms with Crippen molar-refractivity contribution in [3.05, 3.63) is 0 Å². The van der Waals surface area contributed by atoms with Gasteiger partial charge in [0.05, 0.1) is 12.2 Å². The first kappa shape index (κ1) is 15.3. The number of ether oxygens (including phenoxy) is 2. The normalized spacial score (nSPS) is 38.1. The highest BCUT2D eigenvalue weighted by atomic mass is 16.5. The molecule has 2 aliphatic rings. The first-order valence-corrected chi connectivity index (χ1v) is 8.11. The van der Waals surface area contributed by atoms with Gasteiger partial charge in [0.15, 0.2) is 0 Å². The largest absolute Gasteiger partial charge is 0.381 e. The third-order valence-corrected chi connectivity index (χ3v) is 5.10. The molecule has 1 saturated heterocycles. The van der Waals surface area contributed by atoms with E-state index in [-0.39, 0.29) is 5.60 Å². The SMILES string of the molecule is CCOC1(C(NC)C2CCCOC2)CCC(C)CC1. The third kappa shape index (κ3) is 3.50. The van der Waals surface area contributed by atoms with Gasteiger partial charge in [0.2, 0.25) is 0 Å². The highest BCUT2D eigenvalue weighted by Gasteiger charge is 2.45. The fourth-order valence-electron chi connectivity index (χ4n) is 4.04. The van der Waals surface area contributed by atoms with Gasteiger partial charge in [0.25, 0.3) is 0 Å². The average Bonchev–Trinajstić information content (AvgIpc) is 2.44. The summed E-state index contributed by atoms with van der Waals surface area (Å²) >= 11 is 0. The van der Waals surface area contributed by atoms with Crippen LogP contribution in [0.2, 0.25) is 0 Å². The topological polar surface area (TPSA) is 30.5 Å². The molecule has 2 unspecified atom stereocenters. The second-order valence-corrected chi connectivity index (χ2v) is 6.42. The number of likely N-dealkylation sites (N-methyl/N-ethyl adjacent to an activating group) is 1. The Bertz CT molecular complexity index is 255. The molecule has 112 valence electrons. The van der Waals surface area contributed by atoms with Crippen molar-refractivity contribution in [2.24, 2.45) is 11.8 Å². The van der Waals surface area contributed by atoms with Crippen LogP contribution in [0.4, 0.5) is 0 Å². The average molecular weight is 269 g/mol. The zero-order valence-corrected chi connectivity index (χ0v) is 12.9. The summed E-state index contributed by atoms with van der Waals surface area (Å²) in [6.07, 6.45) is 7.46. The minimum atomic E-state index is 0.0430. The Morgan fingerprint density at radius 2 is 2.05 bits per heavy atom. The van der Waals surface area contributed by atoms with E-state index in [1.165, 1.54) is 38.5 Å². The molecule has 0 aromatic carbocycles. The summed E-state index contributed by atoms with van der Waals surface area (Å²) in [5.41, 5.74) is 0.0430. The predicted octanol–water partition coefficient (Wildman–Crippen LogP) is 2.99. The smallest absolute Gasteiger partial charge is 0.0838 e. The monoisotopic (exact) mass is 269 g/mol. The van der Waals surface area contributed by atoms with Gasteiger partial charge < -0.3 is 14.8 Å². The second-order valence-electron chi connectivity index (χ2n) is 6.42. The molecule has 1 saturated carbocycles. The molecule has 2 fully saturated rings. The van der Waals surface area contributed by atoms with Crippen LogP contribution in [0.1, 0.15) is 52.4 Å². The lowest BCUT2D eigenvalue weighted by Crippen LogP contribution is -2.58. The van der Waals surface area contributed by atoms with Crippen molar-refractivity contribution in [2.75, 3.05) is 26.9 Å². The quantitative estimate of drug-likeness (QED) is 0.832. The molecule has 1 N–H and O–H groups in total. The van der Waals surface area contributed by atoms with Gasteiger partial charge in [-0.2, -0.15) is 0 Å². The standard InChI is InChI=1S/C16H31NO2/c1-4-19-16(9-7-13(2)8-10-16)15(17-3)14-6-5-11-18-12-14/h13-15,17H,4-12H2,1-3H3. The van der Waals surface area contributed by atoms with Crippen LogP contribution in [0.3, 0.4) is 0 Å². The molecular formula is C16H31NO2. The highest BCUT2D eigenvalue weighted by Crippen LogP contribution is 2.40. The van der Waals surface area contributed by atoms with Crippen molar-refractivity contribution in [1.82, 2.24) is 5.32 Å². The zero-order chi connectivity index (χ0) is 13.7. The highest BCUT2D eigenvalue weighted by molar-refractivity contribution is 4.99. The van der Waals surface area contributed by atoms with E-state index in [1.807, 2.05) is 0 Å². The van der Waals surface area contributed by atoms with E-state index >= 15 is 0 Å². The van der Waals surface area contributed by atoms with Gasteiger partial charge in [-0.25, -0.2) is 0 Å². The maximum atomic E-state index is 6.31. The Morgan fingerprint density at radius 3 is 2.58 bits per heavy atom. The van der Waals surface area contributed by atoms with E-state index in [0.717, 1.165) is 25.7 Å². The van der Waals surface area contributed by atoms with Crippen molar-refractivity contribution < 1.29 is 9.47 Å². The summed E-state index contributed by atoms with van der Waals surface area (Å²) < 4.78 is 12.0. The molecule has 0 bridgehead atoms. The number of rotatable bonds is 5. The molecule has 0 spiro atoms. The summed E-state index contributed by atoms with van der Waals surface area (Å²) in [6, 6.07) is 0.445. The molecule has 3 nitrogen and oxygen atoms in total. The molecule has 2 rings (SSSR count). The van der Waals surface area contributed by atoms with Gasteiger partial charge in [-0.05, 0) is 58.4 Å². The molecule has 3 heteroatoms. The van der Waals surface area contributed by atoms with Crippen LogP contribution in [0.5, 0.6) is 0 Å². The summed E-state index contributed by atoms with van der Waals surface area (Å²) in [7, 11) is 2.10. The Hall–Kier alpha value is -0.120. The van der Waals surface area contributed by atoms with E-state index in [0.29, 0.717) is 12.0 Å². The number of nitrogens with one attached hydrogen (secondary N) is 1. The number of hydrogen-bond acceptors (Lipinski definition) is 3. The Morgan fingerprint density at radius 1 is 1.32 bits per heavy atom. The van der Waals surface area contributed by atoms with E-state index in [4.69, 9.17) is 9.47 Å². The first-order valence-electron chi connectivity index (χ1n) is 8.11. The maximum Gasteiger partial charge on any atom is 0.0838 e. The molecular weight excluding hydrogens is 238 g/mol. The van der Waals surface area contributed by atoms with Crippen LogP contribution in [-0.2, 0) is 9.47 Å². The molecule has 1 aliphatic carbocycles. The van der Waals surface area contributed by atoms with Crippen molar-refractivity contribution in [3.8, 4) is 0 Å². The van der Waals surface area contributed by atoms with Gasteiger partial charge in [-0.3, -0.25) is 0 Å². The van der Waals surface area contributed by atoms with Crippen LogP contribution in [0, 0.1) is 11.8 Å². The lowest BCUT2D eigenvalue weighted by atomic mass is 9.71. The summed E-state index contributed by atoms with van der Waals surface area (Å²) in [4.78, 5) is 0. The van der Waals surface area contributed by atoms with E-state index in [1.54, 1.807) is 0 Å². The van der Waals surface area contributed by atoms with Gasteiger partial charge in [0, 0.05) is 25.2 Å². The first-order chi connectivity index (χ1) is 9.22. The fourth-order valence-corrected chi connectivity index (χ4v) is 4.04. The second kappa shape index (κ2) is 7.05.